The first-order valence-corrected chi connectivity index (χ1v) is 14.1. The van der Waals surface area contributed by atoms with E-state index in [9.17, 15) is 0 Å². The van der Waals surface area contributed by atoms with E-state index in [1.165, 1.54) is 11.1 Å². The Morgan fingerprint density at radius 2 is 1.71 bits per heavy atom. The van der Waals surface area contributed by atoms with Gasteiger partial charge in [-0.3, -0.25) is 9.88 Å². The first-order valence-electron chi connectivity index (χ1n) is 14.1. The molecule has 1 aliphatic heterocycles. The van der Waals surface area contributed by atoms with Gasteiger partial charge in [0.05, 0.1) is 26.3 Å². The van der Waals surface area contributed by atoms with E-state index in [0.29, 0.717) is 17.3 Å². The quantitative estimate of drug-likeness (QED) is 0.219. The van der Waals surface area contributed by atoms with Crippen LogP contribution in [0.3, 0.4) is 0 Å². The largest absolute Gasteiger partial charge is 0.493 e. The third kappa shape index (κ3) is 4.90. The maximum atomic E-state index is 6.31. The minimum Gasteiger partial charge on any atom is -0.493 e. The van der Waals surface area contributed by atoms with Gasteiger partial charge in [-0.1, -0.05) is 24.3 Å². The number of fused-ring (bicyclic) bond motifs is 4. The van der Waals surface area contributed by atoms with Gasteiger partial charge in [0.15, 0.2) is 17.2 Å². The molecule has 3 aromatic carbocycles. The molecule has 0 atom stereocenters. The monoisotopic (exact) mass is 557 g/mol. The molecule has 7 rings (SSSR count). The summed E-state index contributed by atoms with van der Waals surface area (Å²) in [4.78, 5) is 16.2. The standard InChI is InChI=1S/C34H31N5O3/c1-40-29-12-11-26-25-16-20-39(21-30(25)42-31(26)32(29)41-2)19-15-22-7-9-24(10-8-22)36-34-27-5-3-4-6-28(27)37-33(38-34)23-13-17-35-18-14-23/h3-14,17-18H,15-16,19-21H2,1-2H3,(H,36,37,38). The zero-order chi connectivity index (χ0) is 28.5. The average Bonchev–Trinajstić information content (AvgIpc) is 3.42. The van der Waals surface area contributed by atoms with Gasteiger partial charge in [0.25, 0.3) is 0 Å². The fraction of sp³-hybridized carbons (Fsp3) is 0.206. The van der Waals surface area contributed by atoms with Crippen LogP contribution in [-0.2, 0) is 19.4 Å². The van der Waals surface area contributed by atoms with E-state index in [0.717, 1.165) is 77.2 Å². The van der Waals surface area contributed by atoms with E-state index in [4.69, 9.17) is 23.9 Å². The topological polar surface area (TPSA) is 85.5 Å². The van der Waals surface area contributed by atoms with Crippen LogP contribution in [-0.4, -0.2) is 47.2 Å². The van der Waals surface area contributed by atoms with Gasteiger partial charge in [-0.2, -0.15) is 0 Å². The first-order chi connectivity index (χ1) is 20.7. The molecule has 8 heteroatoms. The van der Waals surface area contributed by atoms with Crippen molar-refractivity contribution < 1.29 is 13.9 Å². The highest BCUT2D eigenvalue weighted by Gasteiger charge is 2.25. The lowest BCUT2D eigenvalue weighted by atomic mass is 10.0. The van der Waals surface area contributed by atoms with Crippen LogP contribution in [0.2, 0.25) is 0 Å². The molecule has 0 saturated carbocycles. The number of hydrogen-bond acceptors (Lipinski definition) is 8. The van der Waals surface area contributed by atoms with Crippen molar-refractivity contribution in [3.63, 3.8) is 0 Å². The van der Waals surface area contributed by atoms with Crippen LogP contribution in [0.25, 0.3) is 33.3 Å². The fourth-order valence-electron chi connectivity index (χ4n) is 5.70. The molecule has 0 saturated heterocycles. The molecule has 1 aliphatic rings. The maximum absolute atomic E-state index is 6.31. The molecule has 4 heterocycles. The summed E-state index contributed by atoms with van der Waals surface area (Å²) < 4.78 is 17.4. The molecular formula is C34H31N5O3. The minimum atomic E-state index is 0.660. The van der Waals surface area contributed by atoms with Gasteiger partial charge in [0, 0.05) is 53.1 Å². The SMILES string of the molecule is COc1ccc2c3c(oc2c1OC)CN(CCc1ccc(Nc2nc(-c4ccncc4)nc4ccccc24)cc1)CC3. The summed E-state index contributed by atoms with van der Waals surface area (Å²) in [7, 11) is 3.30. The summed E-state index contributed by atoms with van der Waals surface area (Å²) in [6, 6.07) is 24.5. The zero-order valence-electron chi connectivity index (χ0n) is 23.6. The van der Waals surface area contributed by atoms with Crippen molar-refractivity contribution in [1.82, 2.24) is 19.9 Å². The Kier molecular flexibility index (Phi) is 6.89. The maximum Gasteiger partial charge on any atom is 0.204 e. The Labute approximate surface area is 244 Å². The lowest BCUT2D eigenvalue weighted by molar-refractivity contribution is 0.234. The van der Waals surface area contributed by atoms with Gasteiger partial charge >= 0.3 is 0 Å². The number of hydrogen-bond donors (Lipinski definition) is 1. The number of nitrogens with zero attached hydrogens (tertiary/aromatic N) is 4. The minimum absolute atomic E-state index is 0.660. The number of aromatic nitrogens is 3. The number of methoxy groups -OCH3 is 2. The van der Waals surface area contributed by atoms with E-state index >= 15 is 0 Å². The molecule has 0 radical (unpaired) electrons. The summed E-state index contributed by atoms with van der Waals surface area (Å²) in [5.74, 6) is 3.82. The summed E-state index contributed by atoms with van der Waals surface area (Å²) in [6.07, 6.45) is 5.42. The Morgan fingerprint density at radius 1 is 0.881 bits per heavy atom. The Bertz CT molecular complexity index is 1870. The van der Waals surface area contributed by atoms with Crippen LogP contribution in [0.5, 0.6) is 11.5 Å². The fourth-order valence-corrected chi connectivity index (χ4v) is 5.70. The molecule has 0 aliphatic carbocycles. The molecule has 210 valence electrons. The number of furan rings is 1. The van der Waals surface area contributed by atoms with Gasteiger partial charge in [-0.05, 0) is 66.9 Å². The van der Waals surface area contributed by atoms with Crippen LogP contribution in [0.15, 0.2) is 89.6 Å². The Hall–Kier alpha value is -4.95. The van der Waals surface area contributed by atoms with Gasteiger partial charge in [-0.15, -0.1) is 0 Å². The molecular weight excluding hydrogens is 526 g/mol. The van der Waals surface area contributed by atoms with Crippen LogP contribution in [0.4, 0.5) is 11.5 Å². The van der Waals surface area contributed by atoms with E-state index in [1.807, 2.05) is 42.5 Å². The number of nitrogens with one attached hydrogen (secondary N) is 1. The first kappa shape index (κ1) is 26.0. The highest BCUT2D eigenvalue weighted by atomic mass is 16.5. The third-order valence-corrected chi connectivity index (χ3v) is 7.91. The average molecular weight is 558 g/mol. The van der Waals surface area contributed by atoms with Gasteiger partial charge in [-0.25, -0.2) is 9.97 Å². The number of rotatable bonds is 8. The summed E-state index contributed by atoms with van der Waals surface area (Å²) in [5, 5.41) is 5.62. The van der Waals surface area contributed by atoms with Gasteiger partial charge < -0.3 is 19.2 Å². The molecule has 0 fully saturated rings. The molecule has 0 amide bonds. The zero-order valence-corrected chi connectivity index (χ0v) is 23.6. The number of pyridine rings is 1. The molecule has 0 bridgehead atoms. The number of anilines is 2. The van der Waals surface area contributed by atoms with E-state index in [2.05, 4.69) is 45.5 Å². The lowest BCUT2D eigenvalue weighted by Crippen LogP contribution is -2.31. The van der Waals surface area contributed by atoms with E-state index in [1.54, 1.807) is 26.6 Å². The molecule has 3 aromatic heterocycles. The van der Waals surface area contributed by atoms with Crippen LogP contribution >= 0.6 is 0 Å². The van der Waals surface area contributed by atoms with Crippen molar-refractivity contribution in [3.05, 3.63) is 102 Å². The second-order valence-electron chi connectivity index (χ2n) is 10.4. The summed E-state index contributed by atoms with van der Waals surface area (Å²) in [5.41, 5.74) is 6.15. The number of benzene rings is 3. The molecule has 0 unspecified atom stereocenters. The molecule has 1 N–H and O–H groups in total. The highest BCUT2D eigenvalue weighted by Crippen LogP contribution is 2.41. The molecule has 6 aromatic rings. The van der Waals surface area contributed by atoms with Crippen molar-refractivity contribution in [2.24, 2.45) is 0 Å². The second-order valence-corrected chi connectivity index (χ2v) is 10.4. The lowest BCUT2D eigenvalue weighted by Gasteiger charge is -2.25. The third-order valence-electron chi connectivity index (χ3n) is 7.91. The van der Waals surface area contributed by atoms with Gasteiger partial charge in [0.1, 0.15) is 11.6 Å². The van der Waals surface area contributed by atoms with Crippen molar-refractivity contribution >= 4 is 33.4 Å². The van der Waals surface area contributed by atoms with Crippen molar-refractivity contribution in [1.29, 1.82) is 0 Å². The summed E-state index contributed by atoms with van der Waals surface area (Å²) in [6.45, 7) is 2.74. The molecule has 0 spiro atoms. The Balaban J connectivity index is 1.04. The Morgan fingerprint density at radius 3 is 2.52 bits per heavy atom. The number of ether oxygens (including phenoxy) is 2. The molecule has 42 heavy (non-hydrogen) atoms. The number of para-hydroxylation sites is 1. The van der Waals surface area contributed by atoms with Gasteiger partial charge in [0.2, 0.25) is 5.75 Å². The van der Waals surface area contributed by atoms with Crippen molar-refractivity contribution in [2.45, 2.75) is 19.4 Å². The molecule has 8 nitrogen and oxygen atoms in total. The predicted octanol–water partition coefficient (Wildman–Crippen LogP) is 6.80. The second kappa shape index (κ2) is 11.1. The highest BCUT2D eigenvalue weighted by molar-refractivity contribution is 5.92. The van der Waals surface area contributed by atoms with Crippen molar-refractivity contribution in [2.75, 3.05) is 32.6 Å². The van der Waals surface area contributed by atoms with E-state index < -0.39 is 0 Å². The smallest absolute Gasteiger partial charge is 0.204 e. The van der Waals surface area contributed by atoms with Crippen LogP contribution < -0.4 is 14.8 Å². The van der Waals surface area contributed by atoms with Crippen molar-refractivity contribution in [3.8, 4) is 22.9 Å². The summed E-state index contributed by atoms with van der Waals surface area (Å²) >= 11 is 0. The normalized spacial score (nSPS) is 13.3. The van der Waals surface area contributed by atoms with E-state index in [-0.39, 0.29) is 0 Å². The predicted molar refractivity (Wildman–Crippen MR) is 164 cm³/mol. The van der Waals surface area contributed by atoms with Crippen LogP contribution in [0, 0.1) is 0 Å². The van der Waals surface area contributed by atoms with Crippen LogP contribution in [0.1, 0.15) is 16.9 Å².